The van der Waals surface area contributed by atoms with Gasteiger partial charge in [0.2, 0.25) is 0 Å². The summed E-state index contributed by atoms with van der Waals surface area (Å²) >= 11 is 0. The number of hydrogen-bond donors (Lipinski definition) is 0. The Hall–Kier alpha value is -0.0700. The van der Waals surface area contributed by atoms with Gasteiger partial charge in [-0.15, -0.1) is 0 Å². The van der Waals surface area contributed by atoms with Gasteiger partial charge >= 0.3 is 0 Å². The maximum absolute atomic E-state index is 14.0. The minimum absolute atomic E-state index is 0.188. The lowest BCUT2D eigenvalue weighted by Gasteiger charge is -2.37. The zero-order valence-electron chi connectivity index (χ0n) is 10.1. The molecule has 13 heavy (non-hydrogen) atoms. The Morgan fingerprint density at radius 2 is 1.62 bits per heavy atom. The molecule has 0 aromatic carbocycles. The third kappa shape index (κ3) is 3.66. The van der Waals surface area contributed by atoms with Crippen LogP contribution < -0.4 is 0 Å². The summed E-state index contributed by atoms with van der Waals surface area (Å²) in [5.74, 6) is 0.673. The van der Waals surface area contributed by atoms with E-state index in [2.05, 4.69) is 13.8 Å². The summed E-state index contributed by atoms with van der Waals surface area (Å²) in [5, 5.41) is 0. The molecule has 0 aliphatic heterocycles. The molecule has 0 bridgehead atoms. The fourth-order valence-corrected chi connectivity index (χ4v) is 1.39. The first kappa shape index (κ1) is 12.9. The third-order valence-electron chi connectivity index (χ3n) is 3.42. The van der Waals surface area contributed by atoms with Gasteiger partial charge in [0, 0.05) is 0 Å². The largest absolute Gasteiger partial charge is 0.244 e. The van der Waals surface area contributed by atoms with Gasteiger partial charge in [-0.25, -0.2) is 4.39 Å². The van der Waals surface area contributed by atoms with Crippen LogP contribution in [-0.4, -0.2) is 5.67 Å². The summed E-state index contributed by atoms with van der Waals surface area (Å²) in [4.78, 5) is 0. The second-order valence-corrected chi connectivity index (χ2v) is 5.37. The van der Waals surface area contributed by atoms with Gasteiger partial charge in [0.1, 0.15) is 5.67 Å². The van der Waals surface area contributed by atoms with Crippen LogP contribution in [0.15, 0.2) is 0 Å². The molecule has 0 aliphatic carbocycles. The van der Waals surface area contributed by atoms with Gasteiger partial charge in [-0.05, 0) is 31.1 Å². The van der Waals surface area contributed by atoms with Gasteiger partial charge in [-0.2, -0.15) is 0 Å². The molecule has 0 aliphatic rings. The molecule has 0 spiro atoms. The van der Waals surface area contributed by atoms with Gasteiger partial charge in [0.15, 0.2) is 0 Å². The Labute approximate surface area is 82.9 Å². The van der Waals surface area contributed by atoms with Crippen molar-refractivity contribution in [3.8, 4) is 0 Å². The fraction of sp³-hybridized carbons (Fsp3) is 1.00. The molecular formula is C12H25F. The van der Waals surface area contributed by atoms with Crippen molar-refractivity contribution in [2.24, 2.45) is 11.3 Å². The predicted molar refractivity (Wildman–Crippen MR) is 57.7 cm³/mol. The molecule has 0 saturated heterocycles. The van der Waals surface area contributed by atoms with E-state index < -0.39 is 5.67 Å². The van der Waals surface area contributed by atoms with Crippen molar-refractivity contribution < 1.29 is 4.39 Å². The van der Waals surface area contributed by atoms with Crippen LogP contribution in [0, 0.1) is 11.3 Å². The molecule has 0 rings (SSSR count). The van der Waals surface area contributed by atoms with Gasteiger partial charge in [-0.1, -0.05) is 41.0 Å². The average molecular weight is 188 g/mol. The zero-order chi connectivity index (χ0) is 10.7. The van der Waals surface area contributed by atoms with E-state index in [0.717, 1.165) is 12.8 Å². The molecular weight excluding hydrogens is 163 g/mol. The fourth-order valence-electron chi connectivity index (χ4n) is 1.39. The lowest BCUT2D eigenvalue weighted by molar-refractivity contribution is 0.0197. The second-order valence-electron chi connectivity index (χ2n) is 5.37. The molecule has 1 heteroatoms. The average Bonchev–Trinajstić information content (AvgIpc) is 2.01. The summed E-state index contributed by atoms with van der Waals surface area (Å²) < 4.78 is 14.0. The van der Waals surface area contributed by atoms with E-state index in [0.29, 0.717) is 12.3 Å². The van der Waals surface area contributed by atoms with E-state index in [-0.39, 0.29) is 5.41 Å². The Kier molecular flexibility index (Phi) is 4.41. The van der Waals surface area contributed by atoms with Crippen molar-refractivity contribution in [3.05, 3.63) is 0 Å². The predicted octanol–water partition coefficient (Wildman–Crippen LogP) is 4.59. The highest BCUT2D eigenvalue weighted by Gasteiger charge is 2.39. The van der Waals surface area contributed by atoms with E-state index in [1.165, 1.54) is 0 Å². The molecule has 1 unspecified atom stereocenters. The SMILES string of the molecule is CCC(C)(F)C(C)(C)CCC(C)C. The molecule has 0 heterocycles. The number of halogens is 1. The molecule has 0 amide bonds. The van der Waals surface area contributed by atoms with Gasteiger partial charge in [0.05, 0.1) is 0 Å². The lowest BCUT2D eigenvalue weighted by Crippen LogP contribution is -2.37. The molecule has 0 fully saturated rings. The maximum atomic E-state index is 14.0. The Morgan fingerprint density at radius 3 is 1.92 bits per heavy atom. The van der Waals surface area contributed by atoms with Crippen LogP contribution >= 0.6 is 0 Å². The van der Waals surface area contributed by atoms with Crippen molar-refractivity contribution in [3.63, 3.8) is 0 Å². The Morgan fingerprint density at radius 1 is 1.15 bits per heavy atom. The van der Waals surface area contributed by atoms with Crippen LogP contribution in [0.5, 0.6) is 0 Å². The van der Waals surface area contributed by atoms with Crippen LogP contribution in [0.1, 0.15) is 60.8 Å². The van der Waals surface area contributed by atoms with Crippen molar-refractivity contribution in [2.45, 2.75) is 66.5 Å². The molecule has 80 valence electrons. The lowest BCUT2D eigenvalue weighted by atomic mass is 9.72. The van der Waals surface area contributed by atoms with Crippen LogP contribution in [0.3, 0.4) is 0 Å². The zero-order valence-corrected chi connectivity index (χ0v) is 10.1. The van der Waals surface area contributed by atoms with E-state index in [4.69, 9.17) is 0 Å². The highest BCUT2D eigenvalue weighted by atomic mass is 19.1. The molecule has 0 radical (unpaired) electrons. The van der Waals surface area contributed by atoms with Crippen molar-refractivity contribution in [1.82, 2.24) is 0 Å². The Balaban J connectivity index is 4.22. The van der Waals surface area contributed by atoms with E-state index in [1.54, 1.807) is 6.92 Å². The van der Waals surface area contributed by atoms with Crippen molar-refractivity contribution in [2.75, 3.05) is 0 Å². The first-order valence-electron chi connectivity index (χ1n) is 5.42. The van der Waals surface area contributed by atoms with E-state index in [1.807, 2.05) is 20.8 Å². The summed E-state index contributed by atoms with van der Waals surface area (Å²) in [7, 11) is 0. The first-order chi connectivity index (χ1) is 5.73. The van der Waals surface area contributed by atoms with Gasteiger partial charge < -0.3 is 0 Å². The van der Waals surface area contributed by atoms with Crippen LogP contribution in [0.25, 0.3) is 0 Å². The van der Waals surface area contributed by atoms with Crippen LogP contribution in [0.2, 0.25) is 0 Å². The van der Waals surface area contributed by atoms with Gasteiger partial charge in [-0.3, -0.25) is 0 Å². The summed E-state index contributed by atoms with van der Waals surface area (Å²) in [5.41, 5.74) is -1.21. The highest BCUT2D eigenvalue weighted by molar-refractivity contribution is 4.89. The first-order valence-corrected chi connectivity index (χ1v) is 5.42. The van der Waals surface area contributed by atoms with E-state index >= 15 is 0 Å². The number of hydrogen-bond acceptors (Lipinski definition) is 0. The van der Waals surface area contributed by atoms with Crippen molar-refractivity contribution >= 4 is 0 Å². The summed E-state index contributed by atoms with van der Waals surface area (Å²) in [6, 6.07) is 0. The third-order valence-corrected chi connectivity index (χ3v) is 3.42. The van der Waals surface area contributed by atoms with Crippen LogP contribution in [0.4, 0.5) is 4.39 Å². The number of alkyl halides is 1. The molecule has 0 nitrogen and oxygen atoms in total. The summed E-state index contributed by atoms with van der Waals surface area (Å²) in [6.45, 7) is 12.1. The topological polar surface area (TPSA) is 0 Å². The van der Waals surface area contributed by atoms with Crippen molar-refractivity contribution in [1.29, 1.82) is 0 Å². The molecule has 0 aromatic heterocycles. The summed E-state index contributed by atoms with van der Waals surface area (Å²) in [6.07, 6.45) is 2.70. The van der Waals surface area contributed by atoms with Crippen LogP contribution in [-0.2, 0) is 0 Å². The highest BCUT2D eigenvalue weighted by Crippen LogP contribution is 2.41. The Bertz CT molecular complexity index is 145. The number of rotatable bonds is 5. The second kappa shape index (κ2) is 4.43. The standard InChI is InChI=1S/C12H25F/c1-7-12(6,13)11(4,5)9-8-10(2)3/h10H,7-9H2,1-6H3. The quantitative estimate of drug-likeness (QED) is 0.592. The molecule has 0 aromatic rings. The normalized spacial score (nSPS) is 17.5. The monoisotopic (exact) mass is 188 g/mol. The minimum atomic E-state index is -1.03. The minimum Gasteiger partial charge on any atom is -0.244 e. The smallest absolute Gasteiger partial charge is 0.113 e. The molecule has 1 atom stereocenters. The molecule has 0 saturated carbocycles. The molecule has 0 N–H and O–H groups in total. The van der Waals surface area contributed by atoms with Gasteiger partial charge in [0.25, 0.3) is 0 Å². The van der Waals surface area contributed by atoms with E-state index in [9.17, 15) is 4.39 Å². The maximum Gasteiger partial charge on any atom is 0.113 e.